The molecule has 5 nitrogen and oxygen atoms in total. The van der Waals surface area contributed by atoms with Gasteiger partial charge in [-0.15, -0.1) is 0 Å². The van der Waals surface area contributed by atoms with Crippen molar-refractivity contribution in [3.05, 3.63) is 59.7 Å². The van der Waals surface area contributed by atoms with Crippen molar-refractivity contribution < 1.29 is 19.0 Å². The molecule has 0 amide bonds. The standard InChI is InChI=1S/C19H21FN2O3/c1-25-17-3-2-15(20)12-16(17)18(19(23)24)22-10-6-14(7-11-22)13-4-8-21-9-5-13/h2-5,8-9,12,14,18H,6-7,10-11H2,1H3,(H,23,24). The van der Waals surface area contributed by atoms with Crippen molar-refractivity contribution in [1.29, 1.82) is 0 Å². The van der Waals surface area contributed by atoms with E-state index in [0.717, 1.165) is 12.8 Å². The number of carboxylic acid groups (broad SMARTS) is 1. The van der Waals surface area contributed by atoms with Gasteiger partial charge in [0.15, 0.2) is 0 Å². The molecule has 0 saturated carbocycles. The molecule has 25 heavy (non-hydrogen) atoms. The zero-order chi connectivity index (χ0) is 17.8. The fourth-order valence-electron chi connectivity index (χ4n) is 3.53. The number of halogens is 1. The van der Waals surface area contributed by atoms with Gasteiger partial charge in [0, 0.05) is 18.0 Å². The van der Waals surface area contributed by atoms with Crippen LogP contribution < -0.4 is 4.74 Å². The highest BCUT2D eigenvalue weighted by Gasteiger charge is 2.33. The zero-order valence-corrected chi connectivity index (χ0v) is 14.1. The van der Waals surface area contributed by atoms with Gasteiger partial charge < -0.3 is 9.84 Å². The molecular weight excluding hydrogens is 323 g/mol. The van der Waals surface area contributed by atoms with Gasteiger partial charge in [0.1, 0.15) is 17.6 Å². The summed E-state index contributed by atoms with van der Waals surface area (Å²) in [6.45, 7) is 1.26. The minimum Gasteiger partial charge on any atom is -0.496 e. The SMILES string of the molecule is COc1ccc(F)cc1C(C(=O)O)N1CCC(c2ccncc2)CC1. The smallest absolute Gasteiger partial charge is 0.325 e. The molecule has 1 unspecified atom stereocenters. The lowest BCUT2D eigenvalue weighted by Crippen LogP contribution is -2.40. The van der Waals surface area contributed by atoms with Gasteiger partial charge in [-0.05, 0) is 67.7 Å². The van der Waals surface area contributed by atoms with E-state index in [0.29, 0.717) is 30.3 Å². The van der Waals surface area contributed by atoms with Crippen LogP contribution in [0.4, 0.5) is 4.39 Å². The third kappa shape index (κ3) is 3.79. The second-order valence-corrected chi connectivity index (χ2v) is 6.22. The highest BCUT2D eigenvalue weighted by Crippen LogP contribution is 2.35. The number of benzene rings is 1. The fraction of sp³-hybridized carbons (Fsp3) is 0.368. The van der Waals surface area contributed by atoms with Gasteiger partial charge >= 0.3 is 5.97 Å². The summed E-state index contributed by atoms with van der Waals surface area (Å²) in [6, 6.07) is 7.10. The van der Waals surface area contributed by atoms with Crippen LogP contribution in [-0.4, -0.2) is 41.2 Å². The Morgan fingerprint density at radius 3 is 2.56 bits per heavy atom. The van der Waals surface area contributed by atoms with Crippen molar-refractivity contribution in [3.63, 3.8) is 0 Å². The quantitative estimate of drug-likeness (QED) is 0.902. The second-order valence-electron chi connectivity index (χ2n) is 6.22. The molecule has 6 heteroatoms. The van der Waals surface area contributed by atoms with Crippen molar-refractivity contribution in [2.45, 2.75) is 24.8 Å². The molecule has 1 saturated heterocycles. The number of hydrogen-bond acceptors (Lipinski definition) is 4. The molecule has 3 rings (SSSR count). The number of carboxylic acids is 1. The van der Waals surface area contributed by atoms with Crippen LogP contribution in [0.15, 0.2) is 42.7 Å². The number of pyridine rings is 1. The normalized spacial score (nSPS) is 17.2. The summed E-state index contributed by atoms with van der Waals surface area (Å²) in [5, 5.41) is 9.74. The summed E-state index contributed by atoms with van der Waals surface area (Å²) >= 11 is 0. The van der Waals surface area contributed by atoms with Crippen LogP contribution >= 0.6 is 0 Å². The Labute approximate surface area is 146 Å². The van der Waals surface area contributed by atoms with Crippen LogP contribution in [0.1, 0.15) is 35.9 Å². The Morgan fingerprint density at radius 2 is 1.96 bits per heavy atom. The monoisotopic (exact) mass is 344 g/mol. The van der Waals surface area contributed by atoms with Crippen molar-refractivity contribution in [2.24, 2.45) is 0 Å². The average Bonchev–Trinajstić information content (AvgIpc) is 2.63. The Morgan fingerprint density at radius 1 is 1.28 bits per heavy atom. The molecule has 0 radical (unpaired) electrons. The van der Waals surface area contributed by atoms with E-state index in [1.165, 1.54) is 30.9 Å². The molecule has 1 aliphatic rings. The van der Waals surface area contributed by atoms with Crippen LogP contribution in [0.2, 0.25) is 0 Å². The number of likely N-dealkylation sites (tertiary alicyclic amines) is 1. The van der Waals surface area contributed by atoms with E-state index in [4.69, 9.17) is 4.74 Å². The van der Waals surface area contributed by atoms with Gasteiger partial charge in [-0.25, -0.2) is 4.39 Å². The van der Waals surface area contributed by atoms with Crippen LogP contribution in [0.3, 0.4) is 0 Å². The third-order valence-electron chi connectivity index (χ3n) is 4.79. The van der Waals surface area contributed by atoms with Crippen LogP contribution in [0, 0.1) is 5.82 Å². The van der Waals surface area contributed by atoms with E-state index in [2.05, 4.69) is 4.98 Å². The third-order valence-corrected chi connectivity index (χ3v) is 4.79. The van der Waals surface area contributed by atoms with Gasteiger partial charge in [-0.3, -0.25) is 14.7 Å². The summed E-state index contributed by atoms with van der Waals surface area (Å²) in [5.41, 5.74) is 1.59. The summed E-state index contributed by atoms with van der Waals surface area (Å²) in [4.78, 5) is 17.8. The number of piperidine rings is 1. The second kappa shape index (κ2) is 7.61. The largest absolute Gasteiger partial charge is 0.496 e. The minimum absolute atomic E-state index is 0.359. The van der Waals surface area contributed by atoms with E-state index in [-0.39, 0.29) is 0 Å². The van der Waals surface area contributed by atoms with Gasteiger partial charge in [0.05, 0.1) is 7.11 Å². The van der Waals surface area contributed by atoms with E-state index in [1.54, 1.807) is 12.4 Å². The first-order valence-electron chi connectivity index (χ1n) is 8.30. The van der Waals surface area contributed by atoms with Crippen molar-refractivity contribution in [3.8, 4) is 5.75 Å². The number of ether oxygens (including phenoxy) is 1. The first kappa shape index (κ1) is 17.4. The molecular formula is C19H21FN2O3. The van der Waals surface area contributed by atoms with E-state index in [9.17, 15) is 14.3 Å². The highest BCUT2D eigenvalue weighted by molar-refractivity contribution is 5.76. The van der Waals surface area contributed by atoms with E-state index in [1.807, 2.05) is 17.0 Å². The number of aliphatic carboxylic acids is 1. The average molecular weight is 344 g/mol. The fourth-order valence-corrected chi connectivity index (χ4v) is 3.53. The lowest BCUT2D eigenvalue weighted by Gasteiger charge is -2.36. The van der Waals surface area contributed by atoms with Crippen molar-refractivity contribution in [2.75, 3.05) is 20.2 Å². The molecule has 1 fully saturated rings. The number of carbonyl (C=O) groups is 1. The summed E-state index contributed by atoms with van der Waals surface area (Å²) in [5.74, 6) is -0.673. The van der Waals surface area contributed by atoms with Crippen molar-refractivity contribution in [1.82, 2.24) is 9.88 Å². The Bertz CT molecular complexity index is 731. The molecule has 132 valence electrons. The maximum atomic E-state index is 13.7. The maximum absolute atomic E-state index is 13.7. The number of rotatable bonds is 5. The lowest BCUT2D eigenvalue weighted by atomic mass is 9.88. The molecule has 1 aromatic carbocycles. The Balaban J connectivity index is 1.80. The van der Waals surface area contributed by atoms with E-state index < -0.39 is 17.8 Å². The predicted molar refractivity (Wildman–Crippen MR) is 91.1 cm³/mol. The van der Waals surface area contributed by atoms with Crippen LogP contribution in [0.5, 0.6) is 5.75 Å². The molecule has 0 bridgehead atoms. The molecule has 2 aromatic rings. The van der Waals surface area contributed by atoms with Crippen LogP contribution in [0.25, 0.3) is 0 Å². The molecule has 1 atom stereocenters. The molecule has 0 spiro atoms. The molecule has 0 aliphatic carbocycles. The van der Waals surface area contributed by atoms with Gasteiger partial charge in [0.25, 0.3) is 0 Å². The van der Waals surface area contributed by atoms with E-state index >= 15 is 0 Å². The van der Waals surface area contributed by atoms with Crippen LogP contribution in [-0.2, 0) is 4.79 Å². The Kier molecular flexibility index (Phi) is 5.28. The summed E-state index contributed by atoms with van der Waals surface area (Å²) in [6.07, 6.45) is 5.26. The van der Waals surface area contributed by atoms with Gasteiger partial charge in [-0.2, -0.15) is 0 Å². The number of nitrogens with zero attached hydrogens (tertiary/aromatic N) is 2. The number of hydrogen-bond donors (Lipinski definition) is 1. The minimum atomic E-state index is -0.994. The van der Waals surface area contributed by atoms with Crippen molar-refractivity contribution >= 4 is 5.97 Å². The molecule has 1 N–H and O–H groups in total. The Hall–Kier alpha value is -2.47. The first-order valence-corrected chi connectivity index (χ1v) is 8.30. The first-order chi connectivity index (χ1) is 12.1. The van der Waals surface area contributed by atoms with Gasteiger partial charge in [-0.1, -0.05) is 0 Å². The molecule has 1 aromatic heterocycles. The molecule has 2 heterocycles. The zero-order valence-electron chi connectivity index (χ0n) is 14.1. The number of methoxy groups -OCH3 is 1. The molecule has 1 aliphatic heterocycles. The summed E-state index contributed by atoms with van der Waals surface area (Å²) in [7, 11) is 1.46. The maximum Gasteiger partial charge on any atom is 0.325 e. The lowest BCUT2D eigenvalue weighted by molar-refractivity contribution is -0.144. The topological polar surface area (TPSA) is 62.7 Å². The summed E-state index contributed by atoms with van der Waals surface area (Å²) < 4.78 is 18.9. The number of aromatic nitrogens is 1. The van der Waals surface area contributed by atoms with Gasteiger partial charge in [0.2, 0.25) is 0 Å². The highest BCUT2D eigenvalue weighted by atomic mass is 19.1. The predicted octanol–water partition coefficient (Wildman–Crippen LogP) is 3.23.